The van der Waals surface area contributed by atoms with Gasteiger partial charge in [0.15, 0.2) is 6.61 Å². The number of hydrogen-bond acceptors (Lipinski definition) is 7. The van der Waals surface area contributed by atoms with Crippen molar-refractivity contribution in [3.63, 3.8) is 0 Å². The molecule has 0 aliphatic rings. The summed E-state index contributed by atoms with van der Waals surface area (Å²) in [6, 6.07) is 5.68. The van der Waals surface area contributed by atoms with Crippen LogP contribution in [0.15, 0.2) is 35.0 Å². The first-order valence-electron chi connectivity index (χ1n) is 8.05. The van der Waals surface area contributed by atoms with Crippen LogP contribution in [-0.2, 0) is 9.53 Å². The first-order chi connectivity index (χ1) is 13.8. The molecule has 29 heavy (non-hydrogen) atoms. The van der Waals surface area contributed by atoms with Crippen LogP contribution in [0, 0.1) is 6.92 Å². The van der Waals surface area contributed by atoms with Gasteiger partial charge in [-0.05, 0) is 36.6 Å². The maximum Gasteiger partial charge on any atom is 0.387 e. The average Bonchev–Trinajstić information content (AvgIpc) is 3.31. The molecule has 152 valence electrons. The fourth-order valence-electron chi connectivity index (χ4n) is 2.26. The first kappa shape index (κ1) is 21.2. The van der Waals surface area contributed by atoms with E-state index in [0.29, 0.717) is 15.6 Å². The number of alkyl halides is 2. The van der Waals surface area contributed by atoms with Crippen molar-refractivity contribution in [2.75, 3.05) is 11.9 Å². The lowest BCUT2D eigenvalue weighted by Crippen LogP contribution is -2.20. The van der Waals surface area contributed by atoms with Crippen molar-refractivity contribution >= 4 is 51.8 Å². The van der Waals surface area contributed by atoms with Crippen molar-refractivity contribution in [1.82, 2.24) is 4.98 Å². The monoisotopic (exact) mass is 458 g/mol. The summed E-state index contributed by atoms with van der Waals surface area (Å²) in [5.41, 5.74) is 1.67. The number of aromatic nitrogens is 1. The molecule has 0 aliphatic carbocycles. The lowest BCUT2D eigenvalue weighted by atomic mass is 10.3. The Balaban J connectivity index is 1.57. The third kappa shape index (κ3) is 5.49. The van der Waals surface area contributed by atoms with Crippen molar-refractivity contribution < 1.29 is 27.8 Å². The minimum Gasteiger partial charge on any atom is -0.451 e. The summed E-state index contributed by atoms with van der Waals surface area (Å²) < 4.78 is 33.7. The molecule has 1 N–H and O–H groups in total. The Morgan fingerprint density at radius 2 is 2.10 bits per heavy atom. The van der Waals surface area contributed by atoms with Crippen molar-refractivity contribution in [3.05, 3.63) is 50.6 Å². The van der Waals surface area contributed by atoms with E-state index >= 15 is 0 Å². The Morgan fingerprint density at radius 1 is 1.31 bits per heavy atom. The molecule has 0 unspecified atom stereocenters. The molecule has 2 heterocycles. The first-order valence-corrected chi connectivity index (χ1v) is 10.2. The third-order valence-corrected chi connectivity index (χ3v) is 5.68. The van der Waals surface area contributed by atoms with Gasteiger partial charge in [0.25, 0.3) is 5.91 Å². The number of nitrogens with zero attached hydrogens (tertiary/aromatic N) is 1. The summed E-state index contributed by atoms with van der Waals surface area (Å²) in [6.07, 6.45) is 0. The van der Waals surface area contributed by atoms with E-state index < -0.39 is 25.1 Å². The van der Waals surface area contributed by atoms with Crippen LogP contribution in [0.25, 0.3) is 10.6 Å². The summed E-state index contributed by atoms with van der Waals surface area (Å²) >= 11 is 8.53. The molecule has 0 aliphatic heterocycles. The number of hydrogen-bond donors (Lipinski definition) is 1. The van der Waals surface area contributed by atoms with E-state index in [0.717, 1.165) is 5.56 Å². The van der Waals surface area contributed by atoms with Gasteiger partial charge in [0.1, 0.15) is 15.6 Å². The van der Waals surface area contributed by atoms with E-state index in [-0.39, 0.29) is 16.5 Å². The quantitative estimate of drug-likeness (QED) is 0.490. The second-order valence-electron chi connectivity index (χ2n) is 5.59. The number of thiophene rings is 1. The number of amides is 1. The number of nitrogens with one attached hydrogen (secondary N) is 1. The maximum absolute atomic E-state index is 12.3. The van der Waals surface area contributed by atoms with E-state index in [1.54, 1.807) is 6.92 Å². The average molecular weight is 459 g/mol. The third-order valence-electron chi connectivity index (χ3n) is 3.52. The second-order valence-corrected chi connectivity index (χ2v) is 7.78. The van der Waals surface area contributed by atoms with E-state index in [9.17, 15) is 18.4 Å². The summed E-state index contributed by atoms with van der Waals surface area (Å²) in [4.78, 5) is 28.9. The van der Waals surface area contributed by atoms with Gasteiger partial charge in [0.05, 0.1) is 10.7 Å². The minimum atomic E-state index is -3.01. The fourth-order valence-corrected chi connectivity index (χ4v) is 4.16. The smallest absolute Gasteiger partial charge is 0.387 e. The highest BCUT2D eigenvalue weighted by Crippen LogP contribution is 2.30. The van der Waals surface area contributed by atoms with Gasteiger partial charge in [0, 0.05) is 16.6 Å². The number of esters is 1. The van der Waals surface area contributed by atoms with E-state index in [1.165, 1.54) is 40.9 Å². The Morgan fingerprint density at radius 3 is 2.76 bits per heavy atom. The molecule has 0 saturated carbocycles. The zero-order valence-electron chi connectivity index (χ0n) is 14.8. The normalized spacial score (nSPS) is 10.8. The van der Waals surface area contributed by atoms with E-state index in [2.05, 4.69) is 15.0 Å². The molecule has 3 aromatic rings. The molecule has 0 atom stereocenters. The molecule has 0 radical (unpaired) electrons. The van der Waals surface area contributed by atoms with Crippen LogP contribution in [-0.4, -0.2) is 30.1 Å². The summed E-state index contributed by atoms with van der Waals surface area (Å²) in [5.74, 6) is -1.49. The molecular formula is C18H13ClF2N2O4S2. The summed E-state index contributed by atoms with van der Waals surface area (Å²) in [5, 5.41) is 6.89. The minimum absolute atomic E-state index is 0.0960. The van der Waals surface area contributed by atoms with Gasteiger partial charge in [-0.25, -0.2) is 9.78 Å². The highest BCUT2D eigenvalue weighted by molar-refractivity contribution is 7.17. The molecule has 2 aromatic heterocycles. The molecule has 0 fully saturated rings. The van der Waals surface area contributed by atoms with Crippen molar-refractivity contribution in [1.29, 1.82) is 0 Å². The number of anilines is 1. The lowest BCUT2D eigenvalue weighted by molar-refractivity contribution is -0.119. The standard InChI is InChI=1S/C18H13ClF2N2O4S2/c1-9-15(29-16(22-9)10-4-5-28-8-10)17(25)26-7-14(24)23-11-2-3-13(12(19)6-11)27-18(20)21/h2-6,8,18H,7H2,1H3,(H,23,24). The molecule has 6 nitrogen and oxygen atoms in total. The number of carbonyl (C=O) groups excluding carboxylic acids is 2. The highest BCUT2D eigenvalue weighted by atomic mass is 35.5. The molecule has 11 heteroatoms. The number of carbonyl (C=O) groups is 2. The van der Waals surface area contributed by atoms with Gasteiger partial charge < -0.3 is 14.8 Å². The number of ether oxygens (including phenoxy) is 2. The molecule has 1 aromatic carbocycles. The number of rotatable bonds is 7. The van der Waals surface area contributed by atoms with Crippen molar-refractivity contribution in [2.24, 2.45) is 0 Å². The lowest BCUT2D eigenvalue weighted by Gasteiger charge is -2.09. The van der Waals surface area contributed by atoms with Crippen LogP contribution in [0.2, 0.25) is 5.02 Å². The fraction of sp³-hybridized carbons (Fsp3) is 0.167. The van der Waals surface area contributed by atoms with Gasteiger partial charge in [-0.1, -0.05) is 11.6 Å². The molecule has 1 amide bonds. The van der Waals surface area contributed by atoms with Crippen LogP contribution in [0.5, 0.6) is 5.75 Å². The predicted molar refractivity (Wildman–Crippen MR) is 107 cm³/mol. The largest absolute Gasteiger partial charge is 0.451 e. The van der Waals surface area contributed by atoms with Gasteiger partial charge in [-0.3, -0.25) is 4.79 Å². The Hall–Kier alpha value is -2.56. The summed E-state index contributed by atoms with van der Waals surface area (Å²) in [7, 11) is 0. The Kier molecular flexibility index (Phi) is 6.78. The zero-order valence-corrected chi connectivity index (χ0v) is 17.2. The van der Waals surface area contributed by atoms with Crippen LogP contribution < -0.4 is 10.1 Å². The number of benzene rings is 1. The number of thiazole rings is 1. The van der Waals surface area contributed by atoms with Gasteiger partial charge >= 0.3 is 12.6 Å². The molecule has 0 saturated heterocycles. The SMILES string of the molecule is Cc1nc(-c2ccsc2)sc1C(=O)OCC(=O)Nc1ccc(OC(F)F)c(Cl)c1. The highest BCUT2D eigenvalue weighted by Gasteiger charge is 2.19. The molecular weight excluding hydrogens is 446 g/mol. The predicted octanol–water partition coefficient (Wildman–Crippen LogP) is 5.23. The number of halogens is 3. The Labute approximate surface area is 177 Å². The second kappa shape index (κ2) is 9.29. The van der Waals surface area contributed by atoms with Crippen molar-refractivity contribution in [2.45, 2.75) is 13.5 Å². The van der Waals surface area contributed by atoms with E-state index in [4.69, 9.17) is 16.3 Å². The zero-order chi connectivity index (χ0) is 21.0. The topological polar surface area (TPSA) is 77.5 Å². The van der Waals surface area contributed by atoms with Crippen LogP contribution >= 0.6 is 34.3 Å². The Bertz CT molecular complexity index is 1030. The van der Waals surface area contributed by atoms with Crippen molar-refractivity contribution in [3.8, 4) is 16.3 Å². The molecule has 0 spiro atoms. The van der Waals surface area contributed by atoms with Gasteiger partial charge in [-0.15, -0.1) is 11.3 Å². The molecule has 3 rings (SSSR count). The maximum atomic E-state index is 12.3. The summed E-state index contributed by atoms with van der Waals surface area (Å²) in [6.45, 7) is -1.85. The van der Waals surface area contributed by atoms with Crippen LogP contribution in [0.1, 0.15) is 15.4 Å². The van der Waals surface area contributed by atoms with Gasteiger partial charge in [0.2, 0.25) is 0 Å². The van der Waals surface area contributed by atoms with Crippen LogP contribution in [0.4, 0.5) is 14.5 Å². The van der Waals surface area contributed by atoms with Crippen LogP contribution in [0.3, 0.4) is 0 Å². The number of aryl methyl sites for hydroxylation is 1. The van der Waals surface area contributed by atoms with Gasteiger partial charge in [-0.2, -0.15) is 20.1 Å². The van der Waals surface area contributed by atoms with E-state index in [1.807, 2.05) is 16.8 Å². The molecule has 0 bridgehead atoms.